The maximum absolute atomic E-state index is 3.75. The molecule has 1 nitrogen and oxygen atoms in total. The van der Waals surface area contributed by atoms with Crippen LogP contribution < -0.4 is 5.32 Å². The maximum atomic E-state index is 3.75. The van der Waals surface area contributed by atoms with E-state index >= 15 is 0 Å². The number of benzene rings is 5. The zero-order valence-corrected chi connectivity index (χ0v) is 22.7. The average molecular weight is 506 g/mol. The molecule has 0 bridgehead atoms. The standard InChI is InChI=1S/C38H35N/c1-27-12-11-19-35-37(27)34-25-24-33(39-32-22-20-29(21-23-32)28-13-5-2-6-14-28)26-36(34)38(35,30-15-7-3-8-16-30)31-17-9-4-10-18-31/h3-4,7-12,15-26,28,39H,2,5-6,13-14H2,1H3. The minimum absolute atomic E-state index is 0.373. The summed E-state index contributed by atoms with van der Waals surface area (Å²) in [5, 5.41) is 3.75. The van der Waals surface area contributed by atoms with Crippen molar-refractivity contribution >= 4 is 11.4 Å². The fourth-order valence-corrected chi connectivity index (χ4v) is 7.24. The molecule has 39 heavy (non-hydrogen) atoms. The molecule has 7 rings (SSSR count). The van der Waals surface area contributed by atoms with E-state index in [1.165, 1.54) is 76.6 Å². The molecule has 0 unspecified atom stereocenters. The van der Waals surface area contributed by atoms with Gasteiger partial charge in [0.1, 0.15) is 0 Å². The van der Waals surface area contributed by atoms with Gasteiger partial charge in [0.2, 0.25) is 0 Å². The molecule has 5 aromatic rings. The monoisotopic (exact) mass is 505 g/mol. The van der Waals surface area contributed by atoms with E-state index in [-0.39, 0.29) is 5.41 Å². The molecule has 2 aliphatic carbocycles. The Hall–Kier alpha value is -4.10. The van der Waals surface area contributed by atoms with Crippen LogP contribution in [0.3, 0.4) is 0 Å². The summed E-state index contributed by atoms with van der Waals surface area (Å²) in [5.41, 5.74) is 12.7. The van der Waals surface area contributed by atoms with Gasteiger partial charge >= 0.3 is 0 Å². The van der Waals surface area contributed by atoms with Crippen LogP contribution in [0.5, 0.6) is 0 Å². The molecule has 5 aromatic carbocycles. The number of aryl methyl sites for hydroxylation is 1. The molecule has 0 saturated heterocycles. The van der Waals surface area contributed by atoms with Crippen molar-refractivity contribution in [3.63, 3.8) is 0 Å². The SMILES string of the molecule is Cc1cccc2c1-c1ccc(Nc3ccc(C4CCCCC4)cc3)cc1C2(c1ccccc1)c1ccccc1. The lowest BCUT2D eigenvalue weighted by atomic mass is 9.67. The van der Waals surface area contributed by atoms with Crippen molar-refractivity contribution in [2.75, 3.05) is 5.32 Å². The third kappa shape index (κ3) is 4.00. The molecule has 192 valence electrons. The van der Waals surface area contributed by atoms with E-state index in [4.69, 9.17) is 0 Å². The molecule has 0 atom stereocenters. The molecule has 1 saturated carbocycles. The molecule has 1 N–H and O–H groups in total. The van der Waals surface area contributed by atoms with Crippen molar-refractivity contribution in [1.82, 2.24) is 0 Å². The second kappa shape index (κ2) is 9.89. The van der Waals surface area contributed by atoms with Gasteiger partial charge < -0.3 is 5.32 Å². The molecule has 2 aliphatic rings. The van der Waals surface area contributed by atoms with Crippen molar-refractivity contribution < 1.29 is 0 Å². The first-order chi connectivity index (χ1) is 19.2. The summed E-state index contributed by atoms with van der Waals surface area (Å²) < 4.78 is 0. The summed E-state index contributed by atoms with van der Waals surface area (Å²) in [7, 11) is 0. The Kier molecular flexibility index (Phi) is 6.08. The van der Waals surface area contributed by atoms with E-state index in [1.54, 1.807) is 0 Å². The van der Waals surface area contributed by atoms with Crippen LogP contribution in [0, 0.1) is 6.92 Å². The van der Waals surface area contributed by atoms with Gasteiger partial charge in [-0.3, -0.25) is 0 Å². The van der Waals surface area contributed by atoms with E-state index in [9.17, 15) is 0 Å². The highest BCUT2D eigenvalue weighted by Gasteiger charge is 2.46. The Bertz CT molecular complexity index is 1550. The van der Waals surface area contributed by atoms with Crippen LogP contribution >= 0.6 is 0 Å². The van der Waals surface area contributed by atoms with Gasteiger partial charge in [-0.05, 0) is 94.5 Å². The highest BCUT2D eigenvalue weighted by molar-refractivity contribution is 5.89. The lowest BCUT2D eigenvalue weighted by Crippen LogP contribution is -2.28. The van der Waals surface area contributed by atoms with Crippen molar-refractivity contribution in [2.45, 2.75) is 50.4 Å². The topological polar surface area (TPSA) is 12.0 Å². The third-order valence-corrected chi connectivity index (χ3v) is 9.06. The van der Waals surface area contributed by atoms with Gasteiger partial charge in [-0.2, -0.15) is 0 Å². The van der Waals surface area contributed by atoms with E-state index in [0.29, 0.717) is 0 Å². The molecule has 0 aromatic heterocycles. The van der Waals surface area contributed by atoms with Crippen LogP contribution in [0.1, 0.15) is 71.4 Å². The molecule has 1 heteroatoms. The number of nitrogens with one attached hydrogen (secondary N) is 1. The second-order valence-electron chi connectivity index (χ2n) is 11.3. The molecule has 1 fully saturated rings. The summed E-state index contributed by atoms with van der Waals surface area (Å²) in [4.78, 5) is 0. The fraction of sp³-hybridized carbons (Fsp3) is 0.211. The van der Waals surface area contributed by atoms with Crippen LogP contribution in [0.25, 0.3) is 11.1 Å². The van der Waals surface area contributed by atoms with Gasteiger partial charge in [-0.15, -0.1) is 0 Å². The van der Waals surface area contributed by atoms with Crippen molar-refractivity contribution in [3.05, 3.63) is 155 Å². The van der Waals surface area contributed by atoms with Crippen LogP contribution in [-0.4, -0.2) is 0 Å². The lowest BCUT2D eigenvalue weighted by Gasteiger charge is -2.34. The van der Waals surface area contributed by atoms with Gasteiger partial charge in [0.15, 0.2) is 0 Å². The van der Waals surface area contributed by atoms with Crippen molar-refractivity contribution in [2.24, 2.45) is 0 Å². The zero-order valence-electron chi connectivity index (χ0n) is 22.7. The molecule has 0 amide bonds. The number of rotatable bonds is 5. The summed E-state index contributed by atoms with van der Waals surface area (Å²) in [6.45, 7) is 2.24. The first kappa shape index (κ1) is 24.0. The number of hydrogen-bond acceptors (Lipinski definition) is 1. The first-order valence-electron chi connectivity index (χ1n) is 14.5. The lowest BCUT2D eigenvalue weighted by molar-refractivity contribution is 0.443. The number of hydrogen-bond donors (Lipinski definition) is 1. The zero-order chi connectivity index (χ0) is 26.2. The summed E-state index contributed by atoms with van der Waals surface area (Å²) in [5.74, 6) is 0.729. The summed E-state index contributed by atoms with van der Waals surface area (Å²) in [6.07, 6.45) is 6.79. The van der Waals surface area contributed by atoms with Gasteiger partial charge in [-0.25, -0.2) is 0 Å². The number of anilines is 2. The van der Waals surface area contributed by atoms with Crippen LogP contribution in [0.15, 0.2) is 121 Å². The van der Waals surface area contributed by atoms with Crippen molar-refractivity contribution in [1.29, 1.82) is 0 Å². The summed E-state index contributed by atoms with van der Waals surface area (Å²) in [6, 6.07) is 45.0. The Morgan fingerprint density at radius 1 is 0.590 bits per heavy atom. The smallest absolute Gasteiger partial charge is 0.0714 e. The molecular weight excluding hydrogens is 470 g/mol. The van der Waals surface area contributed by atoms with E-state index in [2.05, 4.69) is 134 Å². The molecule has 0 spiro atoms. The largest absolute Gasteiger partial charge is 0.356 e. The minimum atomic E-state index is -0.373. The fourth-order valence-electron chi connectivity index (χ4n) is 7.24. The maximum Gasteiger partial charge on any atom is 0.0714 e. The predicted molar refractivity (Wildman–Crippen MR) is 164 cm³/mol. The Labute approximate surface area is 232 Å². The highest BCUT2D eigenvalue weighted by atomic mass is 14.9. The Balaban J connectivity index is 1.36. The predicted octanol–water partition coefficient (Wildman–Crippen LogP) is 10.1. The van der Waals surface area contributed by atoms with Gasteiger partial charge in [0, 0.05) is 11.4 Å². The van der Waals surface area contributed by atoms with Crippen LogP contribution in [0.2, 0.25) is 0 Å². The Morgan fingerprint density at radius 3 is 1.90 bits per heavy atom. The Morgan fingerprint density at radius 2 is 1.23 bits per heavy atom. The van der Waals surface area contributed by atoms with Gasteiger partial charge in [-0.1, -0.05) is 116 Å². The normalized spacial score (nSPS) is 15.9. The second-order valence-corrected chi connectivity index (χ2v) is 11.3. The first-order valence-corrected chi connectivity index (χ1v) is 14.5. The van der Waals surface area contributed by atoms with Gasteiger partial charge in [0.05, 0.1) is 5.41 Å². The molecule has 0 aliphatic heterocycles. The van der Waals surface area contributed by atoms with Crippen molar-refractivity contribution in [3.8, 4) is 11.1 Å². The number of fused-ring (bicyclic) bond motifs is 3. The van der Waals surface area contributed by atoms with E-state index < -0.39 is 0 Å². The van der Waals surface area contributed by atoms with E-state index in [1.807, 2.05) is 0 Å². The molecule has 0 radical (unpaired) electrons. The summed E-state index contributed by atoms with van der Waals surface area (Å²) >= 11 is 0. The minimum Gasteiger partial charge on any atom is -0.356 e. The van der Waals surface area contributed by atoms with Crippen LogP contribution in [0.4, 0.5) is 11.4 Å². The highest BCUT2D eigenvalue weighted by Crippen LogP contribution is 2.57. The molecule has 0 heterocycles. The van der Waals surface area contributed by atoms with E-state index in [0.717, 1.165) is 17.3 Å². The van der Waals surface area contributed by atoms with Gasteiger partial charge in [0.25, 0.3) is 0 Å². The van der Waals surface area contributed by atoms with Crippen LogP contribution in [-0.2, 0) is 5.41 Å². The third-order valence-electron chi connectivity index (χ3n) is 9.06. The quantitative estimate of drug-likeness (QED) is 0.246. The molecular formula is C38H35N. The average Bonchev–Trinajstić information content (AvgIpc) is 3.30.